The Morgan fingerprint density at radius 3 is 2.70 bits per heavy atom. The second-order valence-electron chi connectivity index (χ2n) is 4.52. The van der Waals surface area contributed by atoms with Gasteiger partial charge in [0.15, 0.2) is 0 Å². The van der Waals surface area contributed by atoms with Crippen LogP contribution in [0.5, 0.6) is 5.88 Å². The fourth-order valence-electron chi connectivity index (χ4n) is 1.62. The maximum Gasteiger partial charge on any atom is 0.319 e. The first kappa shape index (κ1) is 19.6. The minimum absolute atomic E-state index is 0.0735. The lowest BCUT2D eigenvalue weighted by atomic mass is 10.2. The average Bonchev–Trinajstić information content (AvgIpc) is 2.48. The van der Waals surface area contributed by atoms with Crippen LogP contribution in [-0.2, 0) is 9.15 Å². The van der Waals surface area contributed by atoms with Gasteiger partial charge >= 0.3 is 9.15 Å². The summed E-state index contributed by atoms with van der Waals surface area (Å²) in [6.45, 7) is 1.74. The standard InChI is InChI=1S/C12H19N3O6S2/c16-15(17)11-4-5-12(14-10-11)21-8-3-1-2-6-13-7-9-22-23(18,19)20/h4-5,10,13H,1-3,6-9H2,(H,18,19,20). The van der Waals surface area contributed by atoms with Gasteiger partial charge in [0, 0.05) is 24.4 Å². The summed E-state index contributed by atoms with van der Waals surface area (Å²) in [7, 11) is -3.44. The van der Waals surface area contributed by atoms with E-state index in [2.05, 4.69) is 10.3 Å². The molecule has 0 aliphatic rings. The molecule has 9 nitrogen and oxygen atoms in total. The molecule has 0 saturated heterocycles. The Bertz CT molecular complexity index is 579. The average molecular weight is 365 g/mol. The van der Waals surface area contributed by atoms with Crippen LogP contribution in [0.4, 0.5) is 5.69 Å². The second kappa shape index (κ2) is 10.4. The van der Waals surface area contributed by atoms with E-state index in [0.717, 1.165) is 32.0 Å². The third-order valence-electron chi connectivity index (χ3n) is 2.69. The van der Waals surface area contributed by atoms with Gasteiger partial charge in [-0.25, -0.2) is 4.98 Å². The minimum Gasteiger partial charge on any atom is -0.478 e. The van der Waals surface area contributed by atoms with E-state index in [1.54, 1.807) is 0 Å². The Morgan fingerprint density at radius 2 is 2.09 bits per heavy atom. The second-order valence-corrected chi connectivity index (χ2v) is 7.99. The van der Waals surface area contributed by atoms with Gasteiger partial charge in [-0.1, -0.05) is 0 Å². The van der Waals surface area contributed by atoms with Gasteiger partial charge < -0.3 is 10.1 Å². The molecule has 0 aromatic carbocycles. The van der Waals surface area contributed by atoms with Crippen LogP contribution in [0.1, 0.15) is 19.3 Å². The van der Waals surface area contributed by atoms with Gasteiger partial charge in [0.1, 0.15) is 6.20 Å². The summed E-state index contributed by atoms with van der Waals surface area (Å²) < 4.78 is 34.8. The summed E-state index contributed by atoms with van der Waals surface area (Å²) in [4.78, 5) is 13.8. The minimum atomic E-state index is -3.95. The lowest BCUT2D eigenvalue weighted by molar-refractivity contribution is -0.385. The molecule has 0 atom stereocenters. The van der Waals surface area contributed by atoms with Crippen LogP contribution in [0, 0.1) is 10.1 Å². The molecule has 0 aliphatic carbocycles. The monoisotopic (exact) mass is 365 g/mol. The molecule has 0 bridgehead atoms. The van der Waals surface area contributed by atoms with Crippen molar-refractivity contribution >= 4 is 25.6 Å². The van der Waals surface area contributed by atoms with Gasteiger partial charge in [0.2, 0.25) is 5.88 Å². The molecule has 130 valence electrons. The zero-order chi connectivity index (χ0) is 17.1. The molecule has 0 unspecified atom stereocenters. The van der Waals surface area contributed by atoms with Crippen LogP contribution in [0.15, 0.2) is 18.3 Å². The van der Waals surface area contributed by atoms with E-state index in [4.69, 9.17) is 9.29 Å². The first-order chi connectivity index (χ1) is 10.9. The van der Waals surface area contributed by atoms with Gasteiger partial charge in [-0.2, -0.15) is 8.42 Å². The summed E-state index contributed by atoms with van der Waals surface area (Å²) in [5, 5.41) is 13.5. The molecule has 0 amide bonds. The third kappa shape index (κ3) is 10.0. The van der Waals surface area contributed by atoms with E-state index < -0.39 is 14.1 Å². The Kier molecular flexibility index (Phi) is 8.84. The van der Waals surface area contributed by atoms with Gasteiger partial charge in [-0.05, 0) is 36.6 Å². The predicted octanol–water partition coefficient (Wildman–Crippen LogP) is 1.66. The van der Waals surface area contributed by atoms with Gasteiger partial charge in [0.25, 0.3) is 5.69 Å². The fraction of sp³-hybridized carbons (Fsp3) is 0.583. The van der Waals surface area contributed by atoms with E-state index in [-0.39, 0.29) is 5.69 Å². The number of nitro groups is 1. The summed E-state index contributed by atoms with van der Waals surface area (Å²) >= 11 is 0. The largest absolute Gasteiger partial charge is 0.478 e. The molecule has 1 rings (SSSR count). The van der Waals surface area contributed by atoms with Gasteiger partial charge in [0.05, 0.1) is 11.5 Å². The lowest BCUT2D eigenvalue weighted by Crippen LogP contribution is -2.19. The number of hydrogen-bond donors (Lipinski definition) is 2. The topological polar surface area (TPSA) is 132 Å². The smallest absolute Gasteiger partial charge is 0.319 e. The van der Waals surface area contributed by atoms with Crippen molar-refractivity contribution in [1.82, 2.24) is 10.3 Å². The third-order valence-corrected chi connectivity index (χ3v) is 4.75. The van der Waals surface area contributed by atoms with Crippen LogP contribution in [0.2, 0.25) is 0 Å². The van der Waals surface area contributed by atoms with Crippen LogP contribution in [-0.4, -0.2) is 48.3 Å². The van der Waals surface area contributed by atoms with Crippen molar-refractivity contribution in [3.63, 3.8) is 0 Å². The van der Waals surface area contributed by atoms with Crippen molar-refractivity contribution in [2.24, 2.45) is 0 Å². The first-order valence-electron chi connectivity index (χ1n) is 6.94. The molecule has 2 N–H and O–H groups in total. The van der Waals surface area contributed by atoms with Crippen molar-refractivity contribution in [2.45, 2.75) is 19.3 Å². The summed E-state index contributed by atoms with van der Waals surface area (Å²) in [6.07, 6.45) is 3.81. The molecule has 0 fully saturated rings. The Morgan fingerprint density at radius 1 is 1.30 bits per heavy atom. The molecule has 0 aliphatic heterocycles. The van der Waals surface area contributed by atoms with Crippen molar-refractivity contribution < 1.29 is 22.6 Å². The number of nitrogens with zero attached hydrogens (tertiary/aromatic N) is 2. The summed E-state index contributed by atoms with van der Waals surface area (Å²) in [5.41, 5.74) is -0.0735. The zero-order valence-electron chi connectivity index (χ0n) is 12.4. The van der Waals surface area contributed by atoms with Gasteiger partial charge in [-0.15, -0.1) is 0 Å². The van der Waals surface area contributed by atoms with Crippen molar-refractivity contribution in [2.75, 3.05) is 25.4 Å². The van der Waals surface area contributed by atoms with Crippen LogP contribution < -0.4 is 10.1 Å². The first-order valence-corrected chi connectivity index (χ1v) is 9.88. The molecule has 0 radical (unpaired) electrons. The lowest BCUT2D eigenvalue weighted by Gasteiger charge is -2.05. The van der Waals surface area contributed by atoms with E-state index >= 15 is 0 Å². The Labute approximate surface area is 138 Å². The molecule has 1 aromatic heterocycles. The quantitative estimate of drug-likeness (QED) is 0.186. The number of aromatic nitrogens is 1. The molecule has 0 spiro atoms. The SMILES string of the molecule is O=[N+]([O-])c1ccc(OCCCCCNCCSS(=O)(=O)O)nc1. The van der Waals surface area contributed by atoms with E-state index in [1.165, 1.54) is 12.1 Å². The van der Waals surface area contributed by atoms with Crippen molar-refractivity contribution in [1.29, 1.82) is 0 Å². The maximum absolute atomic E-state index is 10.5. The zero-order valence-corrected chi connectivity index (χ0v) is 14.0. The molecular formula is C12H19N3O6S2. The Balaban J connectivity index is 1.98. The van der Waals surface area contributed by atoms with E-state index in [1.807, 2.05) is 0 Å². The highest BCUT2D eigenvalue weighted by Gasteiger charge is 2.05. The van der Waals surface area contributed by atoms with Crippen molar-refractivity contribution in [3.8, 4) is 5.88 Å². The maximum atomic E-state index is 10.5. The molecule has 0 saturated carbocycles. The van der Waals surface area contributed by atoms with Gasteiger partial charge in [-0.3, -0.25) is 14.7 Å². The molecule has 11 heteroatoms. The summed E-state index contributed by atoms with van der Waals surface area (Å²) in [6, 6.07) is 2.81. The number of unbranched alkanes of at least 4 members (excludes halogenated alkanes) is 2. The van der Waals surface area contributed by atoms with Crippen LogP contribution >= 0.6 is 10.8 Å². The summed E-state index contributed by atoms with van der Waals surface area (Å²) in [5.74, 6) is 0.657. The number of rotatable bonds is 12. The van der Waals surface area contributed by atoms with E-state index in [0.29, 0.717) is 35.6 Å². The predicted molar refractivity (Wildman–Crippen MR) is 87.1 cm³/mol. The normalized spacial score (nSPS) is 11.3. The molecule has 23 heavy (non-hydrogen) atoms. The highest BCUT2D eigenvalue weighted by Crippen LogP contribution is 2.13. The molecular weight excluding hydrogens is 346 g/mol. The molecule has 1 heterocycles. The van der Waals surface area contributed by atoms with Crippen LogP contribution in [0.25, 0.3) is 0 Å². The fourth-order valence-corrected chi connectivity index (χ4v) is 2.94. The Hall–Kier alpha value is -1.43. The number of hydrogen-bond acceptors (Lipinski definition) is 8. The highest BCUT2D eigenvalue weighted by atomic mass is 33.1. The molecule has 1 aromatic rings. The number of pyridine rings is 1. The highest BCUT2D eigenvalue weighted by molar-refractivity contribution is 8.69. The number of ether oxygens (including phenoxy) is 1. The van der Waals surface area contributed by atoms with E-state index in [9.17, 15) is 18.5 Å². The number of nitrogens with one attached hydrogen (secondary N) is 1. The van der Waals surface area contributed by atoms with Crippen LogP contribution in [0.3, 0.4) is 0 Å². The van der Waals surface area contributed by atoms with Crippen molar-refractivity contribution in [3.05, 3.63) is 28.4 Å².